The Morgan fingerprint density at radius 3 is 2.33 bits per heavy atom. The van der Waals surface area contributed by atoms with Crippen LogP contribution in [0.25, 0.3) is 0 Å². The average molecular weight is 198 g/mol. The van der Waals surface area contributed by atoms with E-state index >= 15 is 0 Å². The molecule has 1 heterocycles. The van der Waals surface area contributed by atoms with E-state index in [1.165, 1.54) is 0 Å². The van der Waals surface area contributed by atoms with Crippen LogP contribution in [-0.2, 0) is 6.18 Å². The number of H-pyrrole nitrogens is 1. The Morgan fingerprint density at radius 2 is 1.92 bits per heavy atom. The predicted molar refractivity (Wildman–Crippen MR) is 37.1 cm³/mol. The Labute approximate surface area is 70.0 Å². The van der Waals surface area contributed by atoms with Crippen LogP contribution in [0.4, 0.5) is 13.2 Å². The van der Waals surface area contributed by atoms with Crippen LogP contribution in [0.5, 0.6) is 0 Å². The molecule has 6 heteroatoms. The van der Waals surface area contributed by atoms with Crippen molar-refractivity contribution in [2.75, 3.05) is 0 Å². The monoisotopic (exact) mass is 197 g/mol. The molecular formula is C6H3ClF3NO. The Balaban J connectivity index is 3.37. The first-order valence-corrected chi connectivity index (χ1v) is 3.24. The molecule has 0 aliphatic heterocycles. The normalized spacial score (nSPS) is 11.7. The van der Waals surface area contributed by atoms with Crippen LogP contribution in [0, 0.1) is 0 Å². The van der Waals surface area contributed by atoms with Gasteiger partial charge in [0.15, 0.2) is 0 Å². The first-order valence-electron chi connectivity index (χ1n) is 2.86. The maximum Gasteiger partial charge on any atom is 0.421 e. The fourth-order valence-corrected chi connectivity index (χ4v) is 0.833. The fraction of sp³-hybridized carbons (Fsp3) is 0.167. The van der Waals surface area contributed by atoms with Gasteiger partial charge in [-0.05, 0) is 0 Å². The summed E-state index contributed by atoms with van der Waals surface area (Å²) >= 11 is 5.18. The van der Waals surface area contributed by atoms with Gasteiger partial charge in [0.25, 0.3) is 0 Å². The molecule has 0 aliphatic carbocycles. The van der Waals surface area contributed by atoms with Crippen LogP contribution in [0.1, 0.15) is 5.56 Å². The second-order valence-corrected chi connectivity index (χ2v) is 2.45. The van der Waals surface area contributed by atoms with E-state index in [0.717, 1.165) is 6.20 Å². The highest BCUT2D eigenvalue weighted by atomic mass is 35.5. The number of hydrogen-bond donors (Lipinski definition) is 1. The lowest BCUT2D eigenvalue weighted by atomic mass is 10.3. The number of halogens is 4. The number of hydrogen-bond acceptors (Lipinski definition) is 1. The lowest BCUT2D eigenvalue weighted by Gasteiger charge is -2.04. The third-order valence-electron chi connectivity index (χ3n) is 1.20. The van der Waals surface area contributed by atoms with Crippen molar-refractivity contribution in [3.63, 3.8) is 0 Å². The second-order valence-electron chi connectivity index (χ2n) is 2.04. The molecule has 0 unspecified atom stereocenters. The molecule has 12 heavy (non-hydrogen) atoms. The summed E-state index contributed by atoms with van der Waals surface area (Å²) in [4.78, 5) is 12.9. The molecule has 0 bridgehead atoms. The highest BCUT2D eigenvalue weighted by Gasteiger charge is 2.34. The van der Waals surface area contributed by atoms with Gasteiger partial charge in [-0.1, -0.05) is 11.6 Å². The minimum atomic E-state index is -4.65. The molecule has 0 saturated heterocycles. The zero-order chi connectivity index (χ0) is 9.35. The molecule has 0 fully saturated rings. The van der Waals surface area contributed by atoms with E-state index in [2.05, 4.69) is 4.98 Å². The summed E-state index contributed by atoms with van der Waals surface area (Å²) in [5.41, 5.74) is -2.49. The number of aromatic amines is 1. The van der Waals surface area contributed by atoms with Crippen LogP contribution in [0.3, 0.4) is 0 Å². The first kappa shape index (κ1) is 9.12. The summed E-state index contributed by atoms with van der Waals surface area (Å²) in [6.45, 7) is 0. The molecule has 1 N–H and O–H groups in total. The molecule has 0 radical (unpaired) electrons. The van der Waals surface area contributed by atoms with Gasteiger partial charge in [0.2, 0.25) is 5.43 Å². The lowest BCUT2D eigenvalue weighted by Crippen LogP contribution is -2.19. The van der Waals surface area contributed by atoms with Crippen LogP contribution < -0.4 is 5.43 Å². The third kappa shape index (κ3) is 1.61. The second kappa shape index (κ2) is 2.82. The van der Waals surface area contributed by atoms with Crippen molar-refractivity contribution >= 4 is 11.6 Å². The molecule has 1 aromatic rings. The Hall–Kier alpha value is -0.970. The van der Waals surface area contributed by atoms with Gasteiger partial charge in [-0.25, -0.2) is 0 Å². The molecule has 0 atom stereocenters. The van der Waals surface area contributed by atoms with Crippen LogP contribution in [0.2, 0.25) is 5.02 Å². The van der Waals surface area contributed by atoms with Gasteiger partial charge in [-0.2, -0.15) is 13.2 Å². The summed E-state index contributed by atoms with van der Waals surface area (Å²) in [5.74, 6) is 0. The topological polar surface area (TPSA) is 32.9 Å². The van der Waals surface area contributed by atoms with Crippen LogP contribution in [-0.4, -0.2) is 4.98 Å². The van der Waals surface area contributed by atoms with E-state index in [4.69, 9.17) is 11.6 Å². The maximum atomic E-state index is 12.0. The van der Waals surface area contributed by atoms with E-state index in [9.17, 15) is 18.0 Å². The van der Waals surface area contributed by atoms with E-state index in [-0.39, 0.29) is 0 Å². The summed E-state index contributed by atoms with van der Waals surface area (Å²) < 4.78 is 35.9. The summed E-state index contributed by atoms with van der Waals surface area (Å²) in [6.07, 6.45) is -3.08. The van der Waals surface area contributed by atoms with Gasteiger partial charge in [0, 0.05) is 12.4 Å². The largest absolute Gasteiger partial charge is 0.421 e. The predicted octanol–water partition coefficient (Wildman–Crippen LogP) is 2.05. The molecule has 0 aromatic carbocycles. The fourth-order valence-electron chi connectivity index (χ4n) is 0.668. The Bertz CT molecular complexity index is 343. The molecule has 0 spiro atoms. The number of alkyl halides is 3. The highest BCUT2D eigenvalue weighted by molar-refractivity contribution is 6.30. The molecule has 1 aromatic heterocycles. The Kier molecular flexibility index (Phi) is 2.14. The van der Waals surface area contributed by atoms with Gasteiger partial charge in [-0.15, -0.1) is 0 Å². The molecule has 2 nitrogen and oxygen atoms in total. The quantitative estimate of drug-likeness (QED) is 0.678. The molecule has 1 rings (SSSR count). The van der Waals surface area contributed by atoms with Crippen molar-refractivity contribution in [3.8, 4) is 0 Å². The number of nitrogens with one attached hydrogen (secondary N) is 1. The van der Waals surface area contributed by atoms with E-state index in [1.54, 1.807) is 0 Å². The maximum absolute atomic E-state index is 12.0. The highest BCUT2D eigenvalue weighted by Crippen LogP contribution is 2.26. The van der Waals surface area contributed by atoms with Crippen molar-refractivity contribution in [3.05, 3.63) is 33.2 Å². The zero-order valence-electron chi connectivity index (χ0n) is 5.57. The minimum absolute atomic E-state index is 0.468. The SMILES string of the molecule is O=c1c(Cl)c[nH]cc1C(F)(F)F. The first-order chi connectivity index (χ1) is 5.43. The third-order valence-corrected chi connectivity index (χ3v) is 1.49. The van der Waals surface area contributed by atoms with Gasteiger partial charge >= 0.3 is 6.18 Å². The molecule has 66 valence electrons. The lowest BCUT2D eigenvalue weighted by molar-refractivity contribution is -0.138. The molecular weight excluding hydrogens is 195 g/mol. The Morgan fingerprint density at radius 1 is 1.33 bits per heavy atom. The minimum Gasteiger partial charge on any atom is -0.366 e. The summed E-state index contributed by atoms with van der Waals surface area (Å²) in [5, 5.41) is -0.468. The van der Waals surface area contributed by atoms with Gasteiger partial charge < -0.3 is 4.98 Å². The van der Waals surface area contributed by atoms with Gasteiger partial charge in [-0.3, -0.25) is 4.79 Å². The van der Waals surface area contributed by atoms with Crippen LogP contribution >= 0.6 is 11.6 Å². The summed E-state index contributed by atoms with van der Waals surface area (Å²) in [7, 11) is 0. The van der Waals surface area contributed by atoms with Crippen molar-refractivity contribution < 1.29 is 13.2 Å². The van der Waals surface area contributed by atoms with Gasteiger partial charge in [0.05, 0.1) is 0 Å². The molecule has 0 aliphatic rings. The van der Waals surface area contributed by atoms with Crippen molar-refractivity contribution in [2.45, 2.75) is 6.18 Å². The van der Waals surface area contributed by atoms with Crippen molar-refractivity contribution in [1.29, 1.82) is 0 Å². The smallest absolute Gasteiger partial charge is 0.366 e. The van der Waals surface area contributed by atoms with Crippen molar-refractivity contribution in [1.82, 2.24) is 4.98 Å². The average Bonchev–Trinajstić information content (AvgIpc) is 1.92. The number of rotatable bonds is 0. The number of pyridine rings is 1. The standard InChI is InChI=1S/C6H3ClF3NO/c7-4-2-11-1-3(5(4)12)6(8,9)10/h1-2H,(H,11,12). The zero-order valence-corrected chi connectivity index (χ0v) is 6.33. The van der Waals surface area contributed by atoms with E-state index in [0.29, 0.717) is 6.20 Å². The molecule has 0 saturated carbocycles. The molecule has 0 amide bonds. The summed E-state index contributed by atoms with van der Waals surface area (Å²) in [6, 6.07) is 0. The number of aromatic nitrogens is 1. The van der Waals surface area contributed by atoms with Crippen LogP contribution in [0.15, 0.2) is 17.2 Å². The van der Waals surface area contributed by atoms with Crippen molar-refractivity contribution in [2.24, 2.45) is 0 Å². The van der Waals surface area contributed by atoms with E-state index < -0.39 is 22.2 Å². The van der Waals surface area contributed by atoms with Gasteiger partial charge in [0.1, 0.15) is 10.6 Å². The van der Waals surface area contributed by atoms with E-state index in [1.807, 2.05) is 0 Å².